The van der Waals surface area contributed by atoms with E-state index >= 15 is 0 Å². The number of alkyl halides is 3. The molecule has 1 aliphatic rings. The van der Waals surface area contributed by atoms with Gasteiger partial charge in [0, 0.05) is 47.2 Å². The fraction of sp³-hybridized carbons (Fsp3) is 0.257. The van der Waals surface area contributed by atoms with E-state index in [1.807, 2.05) is 0 Å². The van der Waals surface area contributed by atoms with Crippen molar-refractivity contribution in [3.8, 4) is 5.75 Å². The molecule has 0 bridgehead atoms. The van der Waals surface area contributed by atoms with Crippen molar-refractivity contribution < 1.29 is 41.0 Å². The number of carbonyl (C=O) groups excluding carboxylic acids is 1. The highest BCUT2D eigenvalue weighted by Gasteiger charge is 2.54. The topological polar surface area (TPSA) is 114 Å². The van der Waals surface area contributed by atoms with E-state index in [-0.39, 0.29) is 35.4 Å². The summed E-state index contributed by atoms with van der Waals surface area (Å²) in [6.07, 6.45) is -5.67. The molecule has 0 saturated carbocycles. The second kappa shape index (κ2) is 15.2. The Morgan fingerprint density at radius 2 is 1.67 bits per heavy atom. The molecule has 0 spiro atoms. The minimum Gasteiger partial charge on any atom is -0.494 e. The summed E-state index contributed by atoms with van der Waals surface area (Å²) in [4.78, 5) is 19.2. The number of aliphatic hydroxyl groups excluding tert-OH is 1. The van der Waals surface area contributed by atoms with E-state index in [9.17, 15) is 26.4 Å². The number of aliphatic hydroxyl groups is 1. The van der Waals surface area contributed by atoms with Crippen LogP contribution in [0.1, 0.15) is 41.2 Å². The summed E-state index contributed by atoms with van der Waals surface area (Å²) < 4.78 is 78.4. The molecule has 0 aromatic heterocycles. The highest BCUT2D eigenvalue weighted by molar-refractivity contribution is 7.91. The number of benzene rings is 4. The Morgan fingerprint density at radius 3 is 2.31 bits per heavy atom. The number of rotatable bonds is 13. The summed E-state index contributed by atoms with van der Waals surface area (Å²) in [5.74, 6) is -0.697. The van der Waals surface area contributed by atoms with Gasteiger partial charge in [0.05, 0.1) is 22.8 Å². The van der Waals surface area contributed by atoms with Crippen molar-refractivity contribution in [2.75, 3.05) is 19.0 Å². The molecule has 0 radical (unpaired) electrons. The van der Waals surface area contributed by atoms with Gasteiger partial charge in [0.25, 0.3) is 5.91 Å². The van der Waals surface area contributed by atoms with Gasteiger partial charge in [-0.1, -0.05) is 59.6 Å². The van der Waals surface area contributed by atoms with Gasteiger partial charge in [-0.3, -0.25) is 4.79 Å². The van der Waals surface area contributed by atoms with Gasteiger partial charge in [-0.2, -0.15) is 13.2 Å². The number of sulfone groups is 1. The van der Waals surface area contributed by atoms with Crippen LogP contribution in [0.5, 0.6) is 5.75 Å². The Morgan fingerprint density at radius 1 is 0.980 bits per heavy atom. The normalized spacial score (nSPS) is 17.7. The molecule has 1 amide bonds. The Balaban J connectivity index is 1.55. The molecular formula is C35H31Cl2F3N2O6S. The quantitative estimate of drug-likeness (QED) is 0.140. The second-order valence-corrected chi connectivity index (χ2v) is 14.2. The molecule has 4 aromatic carbocycles. The minimum atomic E-state index is -4.53. The number of hydrogen-bond donors (Lipinski definition) is 2. The summed E-state index contributed by atoms with van der Waals surface area (Å²) in [7, 11) is -3.93. The molecule has 14 heteroatoms. The Labute approximate surface area is 291 Å². The molecule has 0 aliphatic carbocycles. The lowest BCUT2D eigenvalue weighted by atomic mass is 9.85. The van der Waals surface area contributed by atoms with Gasteiger partial charge in [0.1, 0.15) is 5.75 Å². The summed E-state index contributed by atoms with van der Waals surface area (Å²) in [5.41, 5.74) is -1.61. The fourth-order valence-electron chi connectivity index (χ4n) is 5.24. The standard InChI is InChI=1S/C35H31Cl2F3N2O6S/c36-26-13-16-29(30(37)21-26)31-34(17-20-49(45,46)28-5-2-1-3-6-28,33(44)41-22-23-7-11-25(12-8-23)35(38,39)40)42-32(48-31)24-9-14-27(15-10-24)47-19-4-18-43/h1-3,5-16,21,31,43H,4,17-20,22H2,(H,41,44)/t31-,34-/m1/s1. The summed E-state index contributed by atoms with van der Waals surface area (Å²) >= 11 is 12.8. The van der Waals surface area contributed by atoms with Crippen molar-refractivity contribution in [3.05, 3.63) is 129 Å². The lowest BCUT2D eigenvalue weighted by Gasteiger charge is -2.31. The van der Waals surface area contributed by atoms with Crippen LogP contribution < -0.4 is 10.1 Å². The first-order valence-corrected chi connectivity index (χ1v) is 17.5. The van der Waals surface area contributed by atoms with Crippen molar-refractivity contribution >= 4 is 44.8 Å². The van der Waals surface area contributed by atoms with E-state index in [0.717, 1.165) is 12.1 Å². The monoisotopic (exact) mass is 734 g/mol. The van der Waals surface area contributed by atoms with E-state index in [4.69, 9.17) is 42.8 Å². The molecule has 0 fully saturated rings. The zero-order chi connectivity index (χ0) is 35.2. The number of amides is 1. The molecule has 49 heavy (non-hydrogen) atoms. The number of ether oxygens (including phenoxy) is 2. The predicted molar refractivity (Wildman–Crippen MR) is 180 cm³/mol. The highest BCUT2D eigenvalue weighted by Crippen LogP contribution is 2.45. The Bertz CT molecular complexity index is 1910. The second-order valence-electron chi connectivity index (χ2n) is 11.2. The fourth-order valence-corrected chi connectivity index (χ4v) is 7.14. The van der Waals surface area contributed by atoms with Crippen molar-refractivity contribution in [2.24, 2.45) is 4.99 Å². The highest BCUT2D eigenvalue weighted by atomic mass is 35.5. The summed E-state index contributed by atoms with van der Waals surface area (Å²) in [5, 5.41) is 12.2. The molecule has 2 N–H and O–H groups in total. The van der Waals surface area contributed by atoms with Crippen LogP contribution in [0.4, 0.5) is 13.2 Å². The zero-order valence-electron chi connectivity index (χ0n) is 25.8. The maximum atomic E-state index is 14.4. The van der Waals surface area contributed by atoms with Crippen LogP contribution in [0.25, 0.3) is 0 Å². The number of halogens is 5. The largest absolute Gasteiger partial charge is 0.494 e. The lowest BCUT2D eigenvalue weighted by Crippen LogP contribution is -2.49. The molecule has 2 atom stereocenters. The smallest absolute Gasteiger partial charge is 0.416 e. The predicted octanol–water partition coefficient (Wildman–Crippen LogP) is 7.21. The molecule has 1 aliphatic heterocycles. The van der Waals surface area contributed by atoms with Crippen LogP contribution in [0, 0.1) is 0 Å². The van der Waals surface area contributed by atoms with Gasteiger partial charge in [0.15, 0.2) is 21.5 Å². The average molecular weight is 736 g/mol. The Kier molecular flexibility index (Phi) is 11.2. The number of carbonyl (C=O) groups is 1. The van der Waals surface area contributed by atoms with Gasteiger partial charge < -0.3 is 19.9 Å². The number of nitrogens with one attached hydrogen (secondary N) is 1. The van der Waals surface area contributed by atoms with Crippen LogP contribution in [0.15, 0.2) is 107 Å². The van der Waals surface area contributed by atoms with Crippen LogP contribution >= 0.6 is 23.2 Å². The van der Waals surface area contributed by atoms with Gasteiger partial charge >= 0.3 is 6.18 Å². The van der Waals surface area contributed by atoms with Crippen LogP contribution in [0.3, 0.4) is 0 Å². The Hall–Kier alpha value is -4.10. The third-order valence-electron chi connectivity index (χ3n) is 7.86. The maximum absolute atomic E-state index is 14.4. The zero-order valence-corrected chi connectivity index (χ0v) is 28.1. The molecule has 258 valence electrons. The molecule has 0 unspecified atom stereocenters. The average Bonchev–Trinajstić information content (AvgIpc) is 3.47. The van der Waals surface area contributed by atoms with Gasteiger partial charge in [-0.05, 0) is 66.2 Å². The van der Waals surface area contributed by atoms with E-state index in [1.165, 1.54) is 30.3 Å². The van der Waals surface area contributed by atoms with Crippen molar-refractivity contribution in [1.82, 2.24) is 5.32 Å². The number of aliphatic imine (C=N–C) groups is 1. The SMILES string of the molecule is O=C(NCc1ccc(C(F)(F)F)cc1)[C@]1(CCS(=O)(=O)c2ccccc2)N=C(c2ccc(OCCCO)cc2)O[C@@H]1c1ccc(Cl)cc1Cl. The van der Waals surface area contributed by atoms with Crippen molar-refractivity contribution in [1.29, 1.82) is 0 Å². The first-order chi connectivity index (χ1) is 23.3. The van der Waals surface area contributed by atoms with Crippen molar-refractivity contribution in [3.63, 3.8) is 0 Å². The molecule has 8 nitrogen and oxygen atoms in total. The summed E-state index contributed by atoms with van der Waals surface area (Å²) in [6.45, 7) is 0.0822. The first-order valence-electron chi connectivity index (χ1n) is 15.1. The molecule has 1 heterocycles. The lowest BCUT2D eigenvalue weighted by molar-refractivity contribution is -0.137. The van der Waals surface area contributed by atoms with Crippen molar-refractivity contribution in [2.45, 2.75) is 42.1 Å². The van der Waals surface area contributed by atoms with Crippen LogP contribution in [0.2, 0.25) is 10.0 Å². The van der Waals surface area contributed by atoms with Gasteiger partial charge in [-0.25, -0.2) is 13.4 Å². The summed E-state index contributed by atoms with van der Waals surface area (Å²) in [6, 6.07) is 23.3. The van der Waals surface area contributed by atoms with Gasteiger partial charge in [0.2, 0.25) is 5.90 Å². The third kappa shape index (κ3) is 8.56. The van der Waals surface area contributed by atoms with E-state index in [1.54, 1.807) is 54.6 Å². The van der Waals surface area contributed by atoms with E-state index in [0.29, 0.717) is 40.5 Å². The van der Waals surface area contributed by atoms with Crippen LogP contribution in [-0.4, -0.2) is 49.8 Å². The molecule has 4 aromatic rings. The molecule has 5 rings (SSSR count). The van der Waals surface area contributed by atoms with E-state index < -0.39 is 44.9 Å². The number of nitrogens with zero attached hydrogens (tertiary/aromatic N) is 1. The molecular weight excluding hydrogens is 704 g/mol. The maximum Gasteiger partial charge on any atom is 0.416 e. The van der Waals surface area contributed by atoms with E-state index in [2.05, 4.69) is 5.32 Å². The van der Waals surface area contributed by atoms with Crippen LogP contribution in [-0.2, 0) is 32.1 Å². The minimum absolute atomic E-state index is 0.0274. The molecule has 0 saturated heterocycles. The van der Waals surface area contributed by atoms with Gasteiger partial charge in [-0.15, -0.1) is 0 Å². The number of hydrogen-bond acceptors (Lipinski definition) is 7. The first kappa shape index (κ1) is 36.2. The third-order valence-corrected chi connectivity index (χ3v) is 10.2.